The number of aromatic nitrogens is 3. The Morgan fingerprint density at radius 1 is 1.14 bits per heavy atom. The highest BCUT2D eigenvalue weighted by molar-refractivity contribution is 5.84. The molecule has 0 unspecified atom stereocenters. The number of hydrogen-bond acceptors (Lipinski definition) is 2. The van der Waals surface area contributed by atoms with Crippen LogP contribution in [0, 0.1) is 6.92 Å². The summed E-state index contributed by atoms with van der Waals surface area (Å²) in [4.78, 5) is 7.69. The molecule has 2 aromatic carbocycles. The summed E-state index contributed by atoms with van der Waals surface area (Å²) in [7, 11) is 1.80. The van der Waals surface area contributed by atoms with Gasteiger partial charge in [0.25, 0.3) is 0 Å². The molecule has 0 aliphatic rings. The molecule has 0 saturated carbocycles. The van der Waals surface area contributed by atoms with Crippen molar-refractivity contribution < 1.29 is 0 Å². The quantitative estimate of drug-likeness (QED) is 0.350. The maximum atomic E-state index is 4.33. The molecule has 0 amide bonds. The number of guanidine groups is 1. The SMILES string of the molecule is CN=C(NCCc1c[nH]c2cc(C)ccc12)NCc1ccc(-n2cccn2)cc1. The second-order valence-corrected chi connectivity index (χ2v) is 7.08. The normalized spacial score (nSPS) is 11.7. The fourth-order valence-electron chi connectivity index (χ4n) is 3.42. The molecule has 0 saturated heterocycles. The van der Waals surface area contributed by atoms with Crippen molar-refractivity contribution in [3.8, 4) is 5.69 Å². The van der Waals surface area contributed by atoms with Crippen LogP contribution in [0.5, 0.6) is 0 Å². The molecule has 29 heavy (non-hydrogen) atoms. The minimum absolute atomic E-state index is 0.714. The van der Waals surface area contributed by atoms with Crippen LogP contribution in [0.25, 0.3) is 16.6 Å². The third kappa shape index (κ3) is 4.48. The lowest BCUT2D eigenvalue weighted by Crippen LogP contribution is -2.37. The maximum absolute atomic E-state index is 4.33. The fourth-order valence-corrected chi connectivity index (χ4v) is 3.42. The molecule has 0 spiro atoms. The van der Waals surface area contributed by atoms with Crippen molar-refractivity contribution in [2.45, 2.75) is 19.9 Å². The Hall–Kier alpha value is -3.54. The Labute approximate surface area is 170 Å². The highest BCUT2D eigenvalue weighted by Crippen LogP contribution is 2.19. The van der Waals surface area contributed by atoms with Gasteiger partial charge in [0, 0.05) is 49.6 Å². The van der Waals surface area contributed by atoms with Crippen LogP contribution in [0.2, 0.25) is 0 Å². The van der Waals surface area contributed by atoms with E-state index in [1.54, 1.807) is 13.2 Å². The standard InChI is InChI=1S/C23H26N6/c1-17-4-9-21-19(16-26-22(21)14-17)10-12-25-23(24-2)27-15-18-5-7-20(8-6-18)29-13-3-11-28-29/h3-9,11,13-14,16,26H,10,12,15H2,1-2H3,(H2,24,25,27). The van der Waals surface area contributed by atoms with E-state index in [-0.39, 0.29) is 0 Å². The summed E-state index contributed by atoms with van der Waals surface area (Å²) >= 11 is 0. The largest absolute Gasteiger partial charge is 0.361 e. The highest BCUT2D eigenvalue weighted by atomic mass is 15.3. The van der Waals surface area contributed by atoms with Crippen molar-refractivity contribution in [2.24, 2.45) is 4.99 Å². The minimum Gasteiger partial charge on any atom is -0.361 e. The summed E-state index contributed by atoms with van der Waals surface area (Å²) in [5.74, 6) is 0.803. The number of hydrogen-bond donors (Lipinski definition) is 3. The molecular weight excluding hydrogens is 360 g/mol. The van der Waals surface area contributed by atoms with Gasteiger partial charge >= 0.3 is 0 Å². The first kappa shape index (κ1) is 18.8. The lowest BCUT2D eigenvalue weighted by atomic mass is 10.1. The van der Waals surface area contributed by atoms with E-state index in [1.165, 1.54) is 27.6 Å². The molecule has 0 aliphatic heterocycles. The van der Waals surface area contributed by atoms with Crippen LogP contribution in [0.1, 0.15) is 16.7 Å². The van der Waals surface area contributed by atoms with E-state index >= 15 is 0 Å². The summed E-state index contributed by atoms with van der Waals surface area (Å²) in [6, 6.07) is 16.8. The average Bonchev–Trinajstić information content (AvgIpc) is 3.41. The van der Waals surface area contributed by atoms with Gasteiger partial charge in [0.05, 0.1) is 5.69 Å². The zero-order valence-corrected chi connectivity index (χ0v) is 16.8. The van der Waals surface area contributed by atoms with Gasteiger partial charge in [-0.05, 0) is 54.3 Å². The lowest BCUT2D eigenvalue weighted by Gasteiger charge is -2.12. The molecule has 4 rings (SSSR count). The second-order valence-electron chi connectivity index (χ2n) is 7.08. The first-order valence-electron chi connectivity index (χ1n) is 9.83. The number of aromatic amines is 1. The van der Waals surface area contributed by atoms with Gasteiger partial charge in [-0.1, -0.05) is 24.3 Å². The number of nitrogens with one attached hydrogen (secondary N) is 3. The summed E-state index contributed by atoms with van der Waals surface area (Å²) in [6.45, 7) is 3.65. The van der Waals surface area contributed by atoms with Crippen LogP contribution < -0.4 is 10.6 Å². The number of benzene rings is 2. The molecule has 6 heteroatoms. The van der Waals surface area contributed by atoms with Gasteiger partial charge in [-0.2, -0.15) is 5.10 Å². The minimum atomic E-state index is 0.714. The average molecular weight is 387 g/mol. The molecule has 2 heterocycles. The van der Waals surface area contributed by atoms with Gasteiger partial charge in [0.1, 0.15) is 0 Å². The van der Waals surface area contributed by atoms with Gasteiger partial charge in [-0.3, -0.25) is 4.99 Å². The van der Waals surface area contributed by atoms with Crippen LogP contribution >= 0.6 is 0 Å². The predicted octanol–water partition coefficient (Wildman–Crippen LogP) is 3.57. The molecule has 0 aliphatic carbocycles. The summed E-state index contributed by atoms with van der Waals surface area (Å²) in [5, 5.41) is 12.3. The van der Waals surface area contributed by atoms with Gasteiger partial charge in [0.2, 0.25) is 0 Å². The maximum Gasteiger partial charge on any atom is 0.191 e. The smallest absolute Gasteiger partial charge is 0.191 e. The Morgan fingerprint density at radius 3 is 2.76 bits per heavy atom. The molecule has 148 valence electrons. The fraction of sp³-hybridized carbons (Fsp3) is 0.217. The Balaban J connectivity index is 1.28. The molecule has 0 fully saturated rings. The zero-order chi connectivity index (χ0) is 20.1. The number of nitrogens with zero attached hydrogens (tertiary/aromatic N) is 3. The van der Waals surface area contributed by atoms with Gasteiger partial charge in [-0.25, -0.2) is 4.68 Å². The van der Waals surface area contributed by atoms with E-state index in [0.29, 0.717) is 6.54 Å². The summed E-state index contributed by atoms with van der Waals surface area (Å²) < 4.78 is 1.85. The van der Waals surface area contributed by atoms with Gasteiger partial charge in [-0.15, -0.1) is 0 Å². The molecule has 0 atom stereocenters. The van der Waals surface area contributed by atoms with E-state index < -0.39 is 0 Å². The van der Waals surface area contributed by atoms with Gasteiger partial charge < -0.3 is 15.6 Å². The molecular formula is C23H26N6. The third-order valence-corrected chi connectivity index (χ3v) is 5.00. The van der Waals surface area contributed by atoms with E-state index in [4.69, 9.17) is 0 Å². The Morgan fingerprint density at radius 2 is 2.00 bits per heavy atom. The Kier molecular flexibility index (Phi) is 5.61. The van der Waals surface area contributed by atoms with E-state index in [1.807, 2.05) is 16.9 Å². The third-order valence-electron chi connectivity index (χ3n) is 5.00. The summed E-state index contributed by atoms with van der Waals surface area (Å²) in [6.07, 6.45) is 6.75. The first-order chi connectivity index (χ1) is 14.2. The molecule has 4 aromatic rings. The molecule has 0 radical (unpaired) electrons. The van der Waals surface area contributed by atoms with Crippen LogP contribution in [0.15, 0.2) is 72.1 Å². The second kappa shape index (κ2) is 8.65. The van der Waals surface area contributed by atoms with Crippen molar-refractivity contribution in [3.05, 3.63) is 83.8 Å². The summed E-state index contributed by atoms with van der Waals surface area (Å²) in [5.41, 5.74) is 6.02. The topological polar surface area (TPSA) is 70.0 Å². The van der Waals surface area contributed by atoms with Crippen molar-refractivity contribution in [3.63, 3.8) is 0 Å². The monoisotopic (exact) mass is 386 g/mol. The van der Waals surface area contributed by atoms with Crippen molar-refractivity contribution in [2.75, 3.05) is 13.6 Å². The number of fused-ring (bicyclic) bond motifs is 1. The molecule has 2 aromatic heterocycles. The van der Waals surface area contributed by atoms with Crippen LogP contribution in [0.3, 0.4) is 0 Å². The van der Waals surface area contributed by atoms with E-state index in [9.17, 15) is 0 Å². The number of aryl methyl sites for hydroxylation is 1. The zero-order valence-electron chi connectivity index (χ0n) is 16.8. The van der Waals surface area contributed by atoms with Crippen molar-refractivity contribution in [1.29, 1.82) is 0 Å². The van der Waals surface area contributed by atoms with Crippen LogP contribution in [-0.2, 0) is 13.0 Å². The molecule has 6 nitrogen and oxygen atoms in total. The number of H-pyrrole nitrogens is 1. The lowest BCUT2D eigenvalue weighted by molar-refractivity contribution is 0.795. The van der Waals surface area contributed by atoms with E-state index in [0.717, 1.165) is 24.6 Å². The van der Waals surface area contributed by atoms with Crippen molar-refractivity contribution in [1.82, 2.24) is 25.4 Å². The number of aliphatic imine (C=N–C) groups is 1. The first-order valence-corrected chi connectivity index (χ1v) is 9.83. The van der Waals surface area contributed by atoms with Crippen LogP contribution in [0.4, 0.5) is 0 Å². The van der Waals surface area contributed by atoms with E-state index in [2.05, 4.69) is 81.3 Å². The molecule has 0 bridgehead atoms. The van der Waals surface area contributed by atoms with Crippen LogP contribution in [-0.4, -0.2) is 34.3 Å². The van der Waals surface area contributed by atoms with Crippen molar-refractivity contribution >= 4 is 16.9 Å². The highest BCUT2D eigenvalue weighted by Gasteiger charge is 2.05. The predicted molar refractivity (Wildman–Crippen MR) is 119 cm³/mol. The Bertz CT molecular complexity index is 1090. The van der Waals surface area contributed by atoms with Gasteiger partial charge in [0.15, 0.2) is 5.96 Å². The number of rotatable bonds is 6. The molecule has 3 N–H and O–H groups in total.